The first kappa shape index (κ1) is 29.4. The summed E-state index contributed by atoms with van der Waals surface area (Å²) in [5.74, 6) is -9.36. The summed E-state index contributed by atoms with van der Waals surface area (Å²) >= 11 is 7.04. The van der Waals surface area contributed by atoms with Crippen LogP contribution in [-0.2, 0) is 0 Å². The number of rotatable bonds is 10. The Hall–Kier alpha value is -2.61. The molecule has 0 aliphatic carbocycles. The molecular formula is C32H24Br2F4S. The van der Waals surface area contributed by atoms with Crippen LogP contribution in [0, 0.1) is 0 Å². The molecule has 0 amide bonds. The van der Waals surface area contributed by atoms with Gasteiger partial charge in [-0.1, -0.05) is 122 Å². The summed E-state index contributed by atoms with van der Waals surface area (Å²) in [7, 11) is 0. The first-order valence-corrected chi connectivity index (χ1v) is 14.4. The summed E-state index contributed by atoms with van der Waals surface area (Å²) in [5, 5.41) is 0. The van der Waals surface area contributed by atoms with Crippen LogP contribution in [0.3, 0.4) is 0 Å². The quantitative estimate of drug-likeness (QED) is 0.151. The minimum absolute atomic E-state index is 0.363. The minimum Gasteiger partial charge on any atom is -0.200 e. The lowest BCUT2D eigenvalue weighted by Gasteiger charge is -2.30. The molecule has 0 heterocycles. The maximum Gasteiger partial charge on any atom is 0.289 e. The number of hydrogen-bond acceptors (Lipinski definition) is 1. The van der Waals surface area contributed by atoms with E-state index in [0.717, 1.165) is 0 Å². The van der Waals surface area contributed by atoms with E-state index in [0.29, 0.717) is 32.0 Å². The summed E-state index contributed by atoms with van der Waals surface area (Å²) in [6.45, 7) is 6.98. The Labute approximate surface area is 247 Å². The molecule has 0 bridgehead atoms. The Morgan fingerprint density at radius 3 is 1.18 bits per heavy atom. The van der Waals surface area contributed by atoms with Crippen LogP contribution in [0.1, 0.15) is 34.1 Å². The monoisotopic (exact) mass is 674 g/mol. The van der Waals surface area contributed by atoms with Gasteiger partial charge in [0.15, 0.2) is 0 Å². The molecule has 0 nitrogen and oxygen atoms in total. The van der Waals surface area contributed by atoms with Crippen LogP contribution in [0.25, 0.3) is 0 Å². The van der Waals surface area contributed by atoms with Gasteiger partial charge in [0.2, 0.25) is 0 Å². The molecule has 0 fully saturated rings. The van der Waals surface area contributed by atoms with E-state index < -0.39 is 32.6 Å². The summed E-state index contributed by atoms with van der Waals surface area (Å²) < 4.78 is 61.9. The first-order chi connectivity index (χ1) is 18.5. The SMILES string of the molecule is C=C(Br)C(F)(F)C(c1ccccc1)c1ccccc1Sc1ccccc1C(c1ccccc1)C(F)(F)C(=C)Br. The smallest absolute Gasteiger partial charge is 0.200 e. The molecule has 0 saturated heterocycles. The molecular weight excluding hydrogens is 652 g/mol. The molecule has 0 spiro atoms. The van der Waals surface area contributed by atoms with Crippen LogP contribution >= 0.6 is 43.6 Å². The first-order valence-electron chi connectivity index (χ1n) is 12.0. The molecule has 4 rings (SSSR count). The van der Waals surface area contributed by atoms with Crippen molar-refractivity contribution in [3.8, 4) is 0 Å². The fourth-order valence-corrected chi connectivity index (χ4v) is 6.11. The van der Waals surface area contributed by atoms with E-state index in [2.05, 4.69) is 45.0 Å². The average Bonchev–Trinajstić information content (AvgIpc) is 2.92. The van der Waals surface area contributed by atoms with E-state index in [9.17, 15) is 0 Å². The Balaban J connectivity index is 1.88. The number of hydrogen-bond donors (Lipinski definition) is 0. The molecule has 200 valence electrons. The van der Waals surface area contributed by atoms with Crippen LogP contribution in [0.2, 0.25) is 0 Å². The zero-order valence-corrected chi connectivity index (χ0v) is 24.6. The van der Waals surface area contributed by atoms with Gasteiger partial charge in [-0.05, 0) is 66.2 Å². The van der Waals surface area contributed by atoms with Crippen LogP contribution in [-0.4, -0.2) is 11.8 Å². The Bertz CT molecular complexity index is 1340. The highest BCUT2D eigenvalue weighted by atomic mass is 79.9. The molecule has 0 saturated carbocycles. The lowest BCUT2D eigenvalue weighted by atomic mass is 9.85. The largest absolute Gasteiger partial charge is 0.289 e. The van der Waals surface area contributed by atoms with Gasteiger partial charge in [-0.15, -0.1) is 0 Å². The molecule has 0 aliphatic rings. The maximum absolute atomic E-state index is 15.7. The second-order valence-electron chi connectivity index (χ2n) is 8.92. The van der Waals surface area contributed by atoms with Crippen molar-refractivity contribution >= 4 is 43.6 Å². The van der Waals surface area contributed by atoms with Crippen molar-refractivity contribution in [2.45, 2.75) is 33.5 Å². The van der Waals surface area contributed by atoms with Gasteiger partial charge in [0, 0.05) is 9.79 Å². The standard InChI is InChI=1S/C32H24Br2F4S/c1-21(33)31(35,36)29(23-13-5-3-6-14-23)25-17-9-11-19-27(25)39-28-20-12-10-18-26(28)30(32(37,38)22(2)34)24-15-7-4-8-16-24/h3-20,29-30H,1-2H2. The predicted molar refractivity (Wildman–Crippen MR) is 160 cm³/mol. The molecule has 2 unspecified atom stereocenters. The summed E-state index contributed by atoms with van der Waals surface area (Å²) in [5.41, 5.74) is 1.55. The van der Waals surface area contributed by atoms with Crippen LogP contribution < -0.4 is 0 Å². The van der Waals surface area contributed by atoms with E-state index in [1.165, 1.54) is 11.8 Å². The average molecular weight is 676 g/mol. The maximum atomic E-state index is 15.7. The fraction of sp³-hybridized carbons (Fsp3) is 0.125. The van der Waals surface area contributed by atoms with E-state index in [-0.39, 0.29) is 0 Å². The van der Waals surface area contributed by atoms with Crippen molar-refractivity contribution in [2.24, 2.45) is 0 Å². The lowest BCUT2D eigenvalue weighted by molar-refractivity contribution is 0.0329. The molecule has 0 aliphatic heterocycles. The highest BCUT2D eigenvalue weighted by Crippen LogP contribution is 2.51. The number of halogens is 6. The van der Waals surface area contributed by atoms with Crippen molar-refractivity contribution < 1.29 is 17.6 Å². The summed E-state index contributed by atoms with van der Waals surface area (Å²) in [6, 6.07) is 30.6. The van der Waals surface area contributed by atoms with Gasteiger partial charge in [-0.25, -0.2) is 0 Å². The van der Waals surface area contributed by atoms with Gasteiger partial charge in [0.05, 0.1) is 20.8 Å². The van der Waals surface area contributed by atoms with Gasteiger partial charge < -0.3 is 0 Å². The predicted octanol–water partition coefficient (Wildman–Crippen LogP) is 11.2. The second kappa shape index (κ2) is 12.3. The van der Waals surface area contributed by atoms with E-state index in [4.69, 9.17) is 0 Å². The Morgan fingerprint density at radius 1 is 0.538 bits per heavy atom. The van der Waals surface area contributed by atoms with Crippen molar-refractivity contribution in [3.63, 3.8) is 0 Å². The summed E-state index contributed by atoms with van der Waals surface area (Å²) in [6.07, 6.45) is 0. The molecule has 2 atom stereocenters. The van der Waals surface area contributed by atoms with Gasteiger partial charge >= 0.3 is 0 Å². The Morgan fingerprint density at radius 2 is 0.846 bits per heavy atom. The van der Waals surface area contributed by atoms with Crippen LogP contribution in [0.4, 0.5) is 17.6 Å². The number of alkyl halides is 4. The van der Waals surface area contributed by atoms with E-state index in [1.807, 2.05) is 0 Å². The third-order valence-corrected chi connectivity index (χ3v) is 8.63. The minimum atomic E-state index is -3.33. The van der Waals surface area contributed by atoms with Crippen LogP contribution in [0.5, 0.6) is 0 Å². The molecule has 4 aromatic carbocycles. The van der Waals surface area contributed by atoms with E-state index in [1.54, 1.807) is 109 Å². The molecule has 4 aromatic rings. The molecule has 0 N–H and O–H groups in total. The van der Waals surface area contributed by atoms with Gasteiger partial charge in [-0.3, -0.25) is 0 Å². The van der Waals surface area contributed by atoms with Crippen molar-refractivity contribution in [2.75, 3.05) is 0 Å². The van der Waals surface area contributed by atoms with Gasteiger partial charge in [0.1, 0.15) is 0 Å². The third-order valence-electron chi connectivity index (χ3n) is 6.39. The zero-order chi connectivity index (χ0) is 28.2. The summed E-state index contributed by atoms with van der Waals surface area (Å²) in [4.78, 5) is 1.06. The second-order valence-corrected chi connectivity index (χ2v) is 11.9. The highest BCUT2D eigenvalue weighted by Gasteiger charge is 2.46. The lowest BCUT2D eigenvalue weighted by Crippen LogP contribution is -2.28. The van der Waals surface area contributed by atoms with Gasteiger partial charge in [0.25, 0.3) is 11.8 Å². The van der Waals surface area contributed by atoms with Crippen molar-refractivity contribution in [1.82, 2.24) is 0 Å². The van der Waals surface area contributed by atoms with Crippen LogP contribution in [0.15, 0.2) is 141 Å². The van der Waals surface area contributed by atoms with E-state index >= 15 is 17.6 Å². The number of allylic oxidation sites excluding steroid dienone is 2. The fourth-order valence-electron chi connectivity index (χ4n) is 4.51. The zero-order valence-electron chi connectivity index (χ0n) is 20.6. The molecule has 7 heteroatoms. The highest BCUT2D eigenvalue weighted by molar-refractivity contribution is 9.12. The topological polar surface area (TPSA) is 0 Å². The molecule has 39 heavy (non-hydrogen) atoms. The molecule has 0 aromatic heterocycles. The normalized spacial score (nSPS) is 13.5. The Kier molecular flexibility index (Phi) is 9.25. The van der Waals surface area contributed by atoms with Crippen molar-refractivity contribution in [1.29, 1.82) is 0 Å². The van der Waals surface area contributed by atoms with Gasteiger partial charge in [-0.2, -0.15) is 17.6 Å². The van der Waals surface area contributed by atoms with Crippen molar-refractivity contribution in [3.05, 3.63) is 154 Å². The molecule has 0 radical (unpaired) electrons. The number of benzene rings is 4. The third kappa shape index (κ3) is 6.26.